The van der Waals surface area contributed by atoms with Crippen molar-refractivity contribution in [1.29, 1.82) is 0 Å². The van der Waals surface area contributed by atoms with Crippen LogP contribution in [0.15, 0.2) is 65.8 Å². The van der Waals surface area contributed by atoms with Crippen LogP contribution in [-0.4, -0.2) is 31.5 Å². The highest BCUT2D eigenvalue weighted by Crippen LogP contribution is 2.32. The lowest BCUT2D eigenvalue weighted by molar-refractivity contribution is -0.123. The summed E-state index contributed by atoms with van der Waals surface area (Å²) in [5.41, 5.74) is 5.51. The molecule has 0 unspecified atom stereocenters. The lowest BCUT2D eigenvalue weighted by Gasteiger charge is -2.07. The first-order valence-electron chi connectivity index (χ1n) is 10.2. The molecule has 1 amide bonds. The van der Waals surface area contributed by atoms with Gasteiger partial charge in [-0.3, -0.25) is 4.79 Å². The topological polar surface area (TPSA) is 95.5 Å². The van der Waals surface area contributed by atoms with Gasteiger partial charge in [-0.15, -0.1) is 0 Å². The Hall–Kier alpha value is -4.33. The van der Waals surface area contributed by atoms with Crippen molar-refractivity contribution in [3.63, 3.8) is 0 Å². The average molecular weight is 446 g/mol. The summed E-state index contributed by atoms with van der Waals surface area (Å²) < 4.78 is 21.5. The van der Waals surface area contributed by atoms with Gasteiger partial charge in [-0.25, -0.2) is 10.2 Å². The molecular formula is C25H22N2O6. The van der Waals surface area contributed by atoms with E-state index in [0.29, 0.717) is 34.1 Å². The number of benzene rings is 3. The van der Waals surface area contributed by atoms with E-state index in [1.807, 2.05) is 32.0 Å². The normalized spacial score (nSPS) is 11.9. The first kappa shape index (κ1) is 21.9. The minimum absolute atomic E-state index is 0.128. The monoisotopic (exact) mass is 446 g/mol. The van der Waals surface area contributed by atoms with Crippen LogP contribution in [0.1, 0.15) is 27.0 Å². The van der Waals surface area contributed by atoms with Gasteiger partial charge in [0.15, 0.2) is 18.1 Å². The fourth-order valence-corrected chi connectivity index (χ4v) is 3.22. The highest BCUT2D eigenvalue weighted by Gasteiger charge is 2.17. The average Bonchev–Trinajstić information content (AvgIpc) is 3.25. The first-order valence-corrected chi connectivity index (χ1v) is 10.2. The predicted molar refractivity (Wildman–Crippen MR) is 121 cm³/mol. The summed E-state index contributed by atoms with van der Waals surface area (Å²) >= 11 is 0. The Balaban J connectivity index is 1.30. The van der Waals surface area contributed by atoms with Gasteiger partial charge in [0.1, 0.15) is 11.5 Å². The second-order valence-electron chi connectivity index (χ2n) is 7.44. The molecule has 3 aromatic carbocycles. The van der Waals surface area contributed by atoms with Gasteiger partial charge in [0, 0.05) is 0 Å². The van der Waals surface area contributed by atoms with E-state index >= 15 is 0 Å². The minimum atomic E-state index is -0.528. The van der Waals surface area contributed by atoms with E-state index in [9.17, 15) is 9.59 Å². The fraction of sp³-hybridized carbons (Fsp3) is 0.160. The number of aryl methyl sites for hydroxylation is 2. The zero-order valence-corrected chi connectivity index (χ0v) is 18.2. The number of hydrogen-bond acceptors (Lipinski definition) is 7. The summed E-state index contributed by atoms with van der Waals surface area (Å²) in [7, 11) is 0. The van der Waals surface area contributed by atoms with E-state index in [0.717, 1.165) is 11.1 Å². The van der Waals surface area contributed by atoms with Gasteiger partial charge < -0.3 is 18.9 Å². The van der Waals surface area contributed by atoms with Crippen LogP contribution in [0, 0.1) is 13.8 Å². The number of esters is 1. The third kappa shape index (κ3) is 5.88. The lowest BCUT2D eigenvalue weighted by atomic mass is 10.1. The molecule has 0 saturated carbocycles. The number of carbonyl (C=O) groups is 2. The fourth-order valence-electron chi connectivity index (χ4n) is 3.22. The predicted octanol–water partition coefficient (Wildman–Crippen LogP) is 3.78. The number of hydrogen-bond donors (Lipinski definition) is 1. The Morgan fingerprint density at radius 2 is 1.76 bits per heavy atom. The number of nitrogens with one attached hydrogen (secondary N) is 1. The molecule has 1 aliphatic heterocycles. The number of rotatable bonds is 7. The molecule has 0 atom stereocenters. The second-order valence-corrected chi connectivity index (χ2v) is 7.44. The van der Waals surface area contributed by atoms with E-state index in [1.165, 1.54) is 6.21 Å². The largest absolute Gasteiger partial charge is 0.484 e. The summed E-state index contributed by atoms with van der Waals surface area (Å²) in [6.07, 6.45) is 1.45. The number of ether oxygens (including phenoxy) is 4. The molecule has 0 saturated heterocycles. The zero-order chi connectivity index (χ0) is 23.2. The highest BCUT2D eigenvalue weighted by atomic mass is 16.7. The SMILES string of the molecule is Cc1cc(C)cc(OCC(=O)NN=Cc2cccc(OC(=O)c3ccc4c(c3)OCO4)c2)c1. The second kappa shape index (κ2) is 9.86. The number of amides is 1. The van der Waals surface area contributed by atoms with Gasteiger partial charge in [0.25, 0.3) is 5.91 Å². The van der Waals surface area contributed by atoms with Gasteiger partial charge in [0.05, 0.1) is 11.8 Å². The summed E-state index contributed by atoms with van der Waals surface area (Å²) in [6.45, 7) is 3.90. The molecule has 33 heavy (non-hydrogen) atoms. The molecule has 1 N–H and O–H groups in total. The highest BCUT2D eigenvalue weighted by molar-refractivity contribution is 5.92. The smallest absolute Gasteiger partial charge is 0.343 e. The molecule has 8 heteroatoms. The van der Waals surface area contributed by atoms with Crippen LogP contribution in [0.4, 0.5) is 0 Å². The molecule has 0 bridgehead atoms. The van der Waals surface area contributed by atoms with Crippen molar-refractivity contribution in [3.8, 4) is 23.0 Å². The molecule has 168 valence electrons. The number of nitrogens with zero attached hydrogens (tertiary/aromatic N) is 1. The van der Waals surface area contributed by atoms with Crippen molar-refractivity contribution in [3.05, 3.63) is 82.9 Å². The summed E-state index contributed by atoms with van der Waals surface area (Å²) in [5, 5.41) is 3.93. The molecule has 0 aromatic heterocycles. The van der Waals surface area contributed by atoms with Gasteiger partial charge in [-0.05, 0) is 73.0 Å². The van der Waals surface area contributed by atoms with Gasteiger partial charge in [-0.1, -0.05) is 18.2 Å². The van der Waals surface area contributed by atoms with Crippen LogP contribution in [0.2, 0.25) is 0 Å². The third-order valence-corrected chi connectivity index (χ3v) is 4.64. The Bertz CT molecular complexity index is 1200. The summed E-state index contributed by atoms with van der Waals surface area (Å²) in [6, 6.07) is 17.4. The number of hydrazone groups is 1. The van der Waals surface area contributed by atoms with Crippen LogP contribution < -0.4 is 24.4 Å². The van der Waals surface area contributed by atoms with Crippen LogP contribution in [0.5, 0.6) is 23.0 Å². The van der Waals surface area contributed by atoms with Crippen LogP contribution in [0.25, 0.3) is 0 Å². The van der Waals surface area contributed by atoms with E-state index in [1.54, 1.807) is 42.5 Å². The van der Waals surface area contributed by atoms with Crippen molar-refractivity contribution in [2.24, 2.45) is 5.10 Å². The van der Waals surface area contributed by atoms with Crippen molar-refractivity contribution in [2.75, 3.05) is 13.4 Å². The molecule has 0 radical (unpaired) electrons. The van der Waals surface area contributed by atoms with Crippen molar-refractivity contribution in [2.45, 2.75) is 13.8 Å². The molecule has 1 aliphatic rings. The minimum Gasteiger partial charge on any atom is -0.484 e. The Kier molecular flexibility index (Phi) is 6.54. The van der Waals surface area contributed by atoms with Crippen molar-refractivity contribution in [1.82, 2.24) is 5.43 Å². The van der Waals surface area contributed by atoms with E-state index in [4.69, 9.17) is 18.9 Å². The van der Waals surface area contributed by atoms with Crippen LogP contribution >= 0.6 is 0 Å². The first-order chi connectivity index (χ1) is 16.0. The molecule has 0 spiro atoms. The van der Waals surface area contributed by atoms with Crippen molar-refractivity contribution < 1.29 is 28.5 Å². The molecule has 8 nitrogen and oxygen atoms in total. The summed E-state index contributed by atoms with van der Waals surface area (Å²) in [4.78, 5) is 24.4. The third-order valence-electron chi connectivity index (χ3n) is 4.64. The van der Waals surface area contributed by atoms with Gasteiger partial charge in [-0.2, -0.15) is 5.10 Å². The molecule has 1 heterocycles. The maximum atomic E-state index is 12.4. The van der Waals surface area contributed by atoms with Crippen molar-refractivity contribution >= 4 is 18.1 Å². The number of fused-ring (bicyclic) bond motifs is 1. The van der Waals surface area contributed by atoms with Crippen LogP contribution in [0.3, 0.4) is 0 Å². The summed E-state index contributed by atoms with van der Waals surface area (Å²) in [5.74, 6) is 1.14. The maximum Gasteiger partial charge on any atom is 0.343 e. The number of carbonyl (C=O) groups excluding carboxylic acids is 2. The van der Waals surface area contributed by atoms with E-state index in [-0.39, 0.29) is 13.4 Å². The van der Waals surface area contributed by atoms with E-state index < -0.39 is 11.9 Å². The standard InChI is InChI=1S/C25H22N2O6/c1-16-8-17(2)10-21(9-16)30-14-24(28)27-26-13-18-4-3-5-20(11-18)33-25(29)19-6-7-22-23(12-19)32-15-31-22/h3-13H,14-15H2,1-2H3,(H,27,28). The van der Waals surface area contributed by atoms with Gasteiger partial charge >= 0.3 is 5.97 Å². The molecule has 3 aromatic rings. The molecule has 4 rings (SSSR count). The Morgan fingerprint density at radius 1 is 0.970 bits per heavy atom. The zero-order valence-electron chi connectivity index (χ0n) is 18.2. The van der Waals surface area contributed by atoms with Crippen LogP contribution in [-0.2, 0) is 4.79 Å². The Labute approximate surface area is 190 Å². The van der Waals surface area contributed by atoms with E-state index in [2.05, 4.69) is 10.5 Å². The maximum absolute atomic E-state index is 12.4. The quantitative estimate of drug-likeness (QED) is 0.257. The molecular weight excluding hydrogens is 424 g/mol. The lowest BCUT2D eigenvalue weighted by Crippen LogP contribution is -2.24. The Morgan fingerprint density at radius 3 is 2.58 bits per heavy atom. The molecule has 0 aliphatic carbocycles. The molecule has 0 fully saturated rings. The van der Waals surface area contributed by atoms with Gasteiger partial charge in [0.2, 0.25) is 6.79 Å².